The summed E-state index contributed by atoms with van der Waals surface area (Å²) in [6, 6.07) is 0. The van der Waals surface area contributed by atoms with Gasteiger partial charge in [-0.25, -0.2) is 0 Å². The highest BCUT2D eigenvalue weighted by molar-refractivity contribution is 7.80. The van der Waals surface area contributed by atoms with Crippen molar-refractivity contribution in [1.82, 2.24) is 0 Å². The third-order valence-electron chi connectivity index (χ3n) is 6.29. The zero-order valence-electron chi connectivity index (χ0n) is 21.3. The molecular weight excluding hydrogens is 536 g/mol. The molecule has 228 valence electrons. The Kier molecular flexibility index (Phi) is 16.5. The minimum Gasteiger partial charge on any atom is -0.396 e. The standard InChI is InChI=1S/C22H44O15S/c1-9(6-23)15(27)18(30)20(32)21(33)35-8-14(10(2)25)37-22(34-3-4-38)11(26)5-12-16(28)19(31)17(29)13(7-24)36-12/h9-33,38H,3-8H2,1-2H3. The van der Waals surface area contributed by atoms with E-state index in [1.54, 1.807) is 0 Å². The number of hydrogen-bond acceptors (Lipinski definition) is 16. The van der Waals surface area contributed by atoms with Gasteiger partial charge >= 0.3 is 0 Å². The monoisotopic (exact) mass is 580 g/mol. The Morgan fingerprint density at radius 1 is 0.816 bits per heavy atom. The van der Waals surface area contributed by atoms with Crippen molar-refractivity contribution in [2.75, 3.05) is 32.2 Å². The van der Waals surface area contributed by atoms with Crippen LogP contribution in [0.3, 0.4) is 0 Å². The number of ether oxygens (including phenoxy) is 4. The van der Waals surface area contributed by atoms with Gasteiger partial charge in [0.05, 0.1) is 38.1 Å². The van der Waals surface area contributed by atoms with Crippen molar-refractivity contribution in [2.45, 2.75) is 100.0 Å². The van der Waals surface area contributed by atoms with Crippen molar-refractivity contribution >= 4 is 12.6 Å². The highest BCUT2D eigenvalue weighted by Gasteiger charge is 2.45. The molecule has 0 bridgehead atoms. The molecule has 16 heteroatoms. The van der Waals surface area contributed by atoms with E-state index in [1.165, 1.54) is 13.8 Å². The van der Waals surface area contributed by atoms with Gasteiger partial charge in [-0.3, -0.25) is 0 Å². The van der Waals surface area contributed by atoms with Crippen LogP contribution in [0, 0.1) is 5.92 Å². The van der Waals surface area contributed by atoms with Crippen molar-refractivity contribution in [2.24, 2.45) is 5.92 Å². The Morgan fingerprint density at radius 3 is 1.95 bits per heavy atom. The maximum Gasteiger partial charge on any atom is 0.184 e. The maximum atomic E-state index is 10.8. The molecule has 1 fully saturated rings. The summed E-state index contributed by atoms with van der Waals surface area (Å²) in [6.45, 7) is 0.958. The van der Waals surface area contributed by atoms with E-state index in [4.69, 9.17) is 24.1 Å². The molecule has 0 saturated carbocycles. The molecular formula is C22H44O15S. The van der Waals surface area contributed by atoms with Crippen LogP contribution in [-0.2, 0) is 18.9 Å². The first kappa shape index (κ1) is 35.8. The Morgan fingerprint density at radius 2 is 1.42 bits per heavy atom. The molecule has 0 spiro atoms. The number of thiol groups is 1. The second-order valence-electron chi connectivity index (χ2n) is 9.40. The second kappa shape index (κ2) is 17.5. The maximum absolute atomic E-state index is 10.8. The first-order valence-corrected chi connectivity index (χ1v) is 12.9. The average molecular weight is 581 g/mol. The molecule has 1 rings (SSSR count). The highest BCUT2D eigenvalue weighted by Crippen LogP contribution is 2.26. The minimum atomic E-state index is -2.04. The summed E-state index contributed by atoms with van der Waals surface area (Å²) < 4.78 is 21.6. The van der Waals surface area contributed by atoms with Crippen LogP contribution < -0.4 is 0 Å². The van der Waals surface area contributed by atoms with Gasteiger partial charge in [-0.1, -0.05) is 6.92 Å². The molecule has 15 nitrogen and oxygen atoms in total. The summed E-state index contributed by atoms with van der Waals surface area (Å²) in [5.74, 6) is -0.602. The molecule has 0 aliphatic carbocycles. The predicted octanol–water partition coefficient (Wildman–Crippen LogP) is -5.34. The molecule has 1 aliphatic rings. The summed E-state index contributed by atoms with van der Waals surface area (Å²) in [4.78, 5) is 0. The second-order valence-corrected chi connectivity index (χ2v) is 9.85. The zero-order valence-corrected chi connectivity index (χ0v) is 22.2. The van der Waals surface area contributed by atoms with Crippen LogP contribution in [0.5, 0.6) is 0 Å². The van der Waals surface area contributed by atoms with E-state index in [1.807, 2.05) is 0 Å². The highest BCUT2D eigenvalue weighted by atomic mass is 32.1. The van der Waals surface area contributed by atoms with Gasteiger partial charge in [0.15, 0.2) is 12.6 Å². The van der Waals surface area contributed by atoms with Gasteiger partial charge in [-0.05, 0) is 6.92 Å². The predicted molar refractivity (Wildman–Crippen MR) is 131 cm³/mol. The summed E-state index contributed by atoms with van der Waals surface area (Å²) >= 11 is 4.02. The van der Waals surface area contributed by atoms with E-state index in [-0.39, 0.29) is 18.8 Å². The van der Waals surface area contributed by atoms with Gasteiger partial charge in [0.2, 0.25) is 0 Å². The minimum absolute atomic E-state index is 0.0264. The molecule has 0 aromatic rings. The molecule has 1 heterocycles. The SMILES string of the molecule is CC(O)C(COC(O)C(O)C(O)C(O)C(C)CO)OC(OCCS)C(O)CC1OC(CO)C(O)C(O)C1O. The molecule has 0 radical (unpaired) electrons. The van der Waals surface area contributed by atoms with E-state index in [0.29, 0.717) is 0 Å². The van der Waals surface area contributed by atoms with Crippen LogP contribution in [0.4, 0.5) is 0 Å². The molecule has 0 amide bonds. The van der Waals surface area contributed by atoms with Gasteiger partial charge in [0.25, 0.3) is 0 Å². The molecule has 1 saturated heterocycles. The molecule has 11 N–H and O–H groups in total. The number of rotatable bonds is 18. The van der Waals surface area contributed by atoms with Gasteiger partial charge in [-0.15, -0.1) is 0 Å². The van der Waals surface area contributed by atoms with Crippen LogP contribution in [-0.4, -0.2) is 168 Å². The van der Waals surface area contributed by atoms with Crippen molar-refractivity contribution in [3.8, 4) is 0 Å². The largest absolute Gasteiger partial charge is 0.396 e. The Bertz CT molecular complexity index is 632. The van der Waals surface area contributed by atoms with Gasteiger partial charge < -0.3 is 75.1 Å². The van der Waals surface area contributed by atoms with Gasteiger partial charge in [0.1, 0.15) is 48.8 Å². The third-order valence-corrected chi connectivity index (χ3v) is 6.48. The molecule has 0 aromatic carbocycles. The summed E-state index contributed by atoms with van der Waals surface area (Å²) in [5.41, 5.74) is 0. The van der Waals surface area contributed by atoms with E-state index in [9.17, 15) is 51.1 Å². The molecule has 38 heavy (non-hydrogen) atoms. The van der Waals surface area contributed by atoms with E-state index < -0.39 is 105 Å². The quantitative estimate of drug-likeness (QED) is 0.0533. The van der Waals surface area contributed by atoms with Crippen molar-refractivity contribution < 1.29 is 75.1 Å². The Balaban J connectivity index is 2.86. The van der Waals surface area contributed by atoms with Crippen molar-refractivity contribution in [3.63, 3.8) is 0 Å². The number of hydrogen-bond donors (Lipinski definition) is 12. The summed E-state index contributed by atoms with van der Waals surface area (Å²) in [5, 5.41) is 110. The number of aliphatic hydroxyl groups excluding tert-OH is 11. The topological polar surface area (TPSA) is 259 Å². The van der Waals surface area contributed by atoms with Crippen LogP contribution >= 0.6 is 12.6 Å². The fourth-order valence-corrected chi connectivity index (χ4v) is 3.81. The van der Waals surface area contributed by atoms with E-state index in [0.717, 1.165) is 0 Å². The Labute approximate surface area is 226 Å². The lowest BCUT2D eigenvalue weighted by Crippen LogP contribution is -2.59. The van der Waals surface area contributed by atoms with E-state index >= 15 is 0 Å². The molecule has 0 aromatic heterocycles. The third kappa shape index (κ3) is 10.3. The van der Waals surface area contributed by atoms with Crippen LogP contribution in [0.1, 0.15) is 20.3 Å². The van der Waals surface area contributed by atoms with Gasteiger partial charge in [-0.2, -0.15) is 12.6 Å². The first-order valence-electron chi connectivity index (χ1n) is 12.3. The first-order chi connectivity index (χ1) is 17.8. The lowest BCUT2D eigenvalue weighted by atomic mass is 9.92. The Hall–Kier alpha value is -0.250. The summed E-state index contributed by atoms with van der Waals surface area (Å²) in [6.07, 6.45) is -20.7. The fourth-order valence-electron chi connectivity index (χ4n) is 3.70. The molecule has 14 atom stereocenters. The normalized spacial score (nSPS) is 31.6. The molecule has 1 aliphatic heterocycles. The fraction of sp³-hybridized carbons (Fsp3) is 1.00. The van der Waals surface area contributed by atoms with Crippen LogP contribution in [0.2, 0.25) is 0 Å². The van der Waals surface area contributed by atoms with Crippen LogP contribution in [0.15, 0.2) is 0 Å². The molecule has 14 unspecified atom stereocenters. The van der Waals surface area contributed by atoms with E-state index in [2.05, 4.69) is 12.6 Å². The average Bonchev–Trinajstić information content (AvgIpc) is 2.90. The van der Waals surface area contributed by atoms with Crippen LogP contribution in [0.25, 0.3) is 0 Å². The summed E-state index contributed by atoms with van der Waals surface area (Å²) in [7, 11) is 0. The van der Waals surface area contributed by atoms with Gasteiger partial charge in [0, 0.05) is 24.7 Å². The zero-order chi connectivity index (χ0) is 29.2. The smallest absolute Gasteiger partial charge is 0.184 e. The van der Waals surface area contributed by atoms with Crippen molar-refractivity contribution in [3.05, 3.63) is 0 Å². The lowest BCUT2D eigenvalue weighted by Gasteiger charge is -2.41. The van der Waals surface area contributed by atoms with Crippen molar-refractivity contribution in [1.29, 1.82) is 0 Å². The number of aliphatic hydroxyl groups is 11. The lowest BCUT2D eigenvalue weighted by molar-refractivity contribution is -0.271.